The van der Waals surface area contributed by atoms with E-state index in [0.29, 0.717) is 19.2 Å². The molecule has 1 heterocycles. The number of ether oxygens (including phenoxy) is 1. The molecule has 1 aliphatic carbocycles. The monoisotopic (exact) mass is 367 g/mol. The van der Waals surface area contributed by atoms with Crippen molar-refractivity contribution in [1.82, 2.24) is 4.90 Å². The molecule has 4 nitrogen and oxygen atoms in total. The third-order valence-corrected chi connectivity index (χ3v) is 6.39. The molecule has 1 unspecified atom stereocenters. The van der Waals surface area contributed by atoms with Crippen molar-refractivity contribution in [3.8, 4) is 5.75 Å². The molecule has 0 bridgehead atoms. The number of benzene rings is 2. The Morgan fingerprint density at radius 3 is 2.44 bits per heavy atom. The predicted molar refractivity (Wildman–Crippen MR) is 107 cm³/mol. The lowest BCUT2D eigenvalue weighted by Crippen LogP contribution is -2.51. The van der Waals surface area contributed by atoms with Crippen LogP contribution in [-0.4, -0.2) is 35.2 Å². The predicted octanol–water partition coefficient (Wildman–Crippen LogP) is 4.87. The topological polar surface area (TPSA) is 49.8 Å². The van der Waals surface area contributed by atoms with Crippen LogP contribution in [0.1, 0.15) is 51.1 Å². The number of nitrogens with zero attached hydrogens (tertiary/aromatic N) is 1. The molecule has 1 saturated heterocycles. The van der Waals surface area contributed by atoms with Crippen LogP contribution in [0.4, 0.5) is 0 Å². The maximum atomic E-state index is 11.0. The number of carbonyl (C=O) groups is 1. The molecule has 2 aliphatic rings. The van der Waals surface area contributed by atoms with Crippen LogP contribution >= 0.6 is 0 Å². The second-order valence-electron chi connectivity index (χ2n) is 8.43. The minimum atomic E-state index is -0.683. The van der Waals surface area contributed by atoms with E-state index in [0.717, 1.165) is 24.5 Å². The average molecular weight is 367 g/mol. The molecule has 1 atom stereocenters. The SMILES string of the molecule is CC1CCC(Oc2ccc3cc(C(C)N4CC(C(=O)O)C4)ccc3c2)CC1. The summed E-state index contributed by atoms with van der Waals surface area (Å²) in [6, 6.07) is 13.1. The highest BCUT2D eigenvalue weighted by molar-refractivity contribution is 5.84. The minimum Gasteiger partial charge on any atom is -0.490 e. The van der Waals surface area contributed by atoms with Gasteiger partial charge in [-0.25, -0.2) is 0 Å². The first-order valence-electron chi connectivity index (χ1n) is 10.2. The Morgan fingerprint density at radius 1 is 1.07 bits per heavy atom. The zero-order chi connectivity index (χ0) is 19.0. The van der Waals surface area contributed by atoms with Crippen LogP contribution < -0.4 is 4.74 Å². The average Bonchev–Trinajstić information content (AvgIpc) is 2.61. The first-order valence-corrected chi connectivity index (χ1v) is 10.2. The van der Waals surface area contributed by atoms with Crippen molar-refractivity contribution in [3.63, 3.8) is 0 Å². The minimum absolute atomic E-state index is 0.213. The molecule has 0 aromatic heterocycles. The Kier molecular flexibility index (Phi) is 5.09. The molecule has 4 heteroatoms. The molecule has 0 radical (unpaired) electrons. The molecule has 4 rings (SSSR count). The van der Waals surface area contributed by atoms with Crippen molar-refractivity contribution in [2.75, 3.05) is 13.1 Å². The Hall–Kier alpha value is -2.07. The van der Waals surface area contributed by atoms with Crippen molar-refractivity contribution in [2.24, 2.45) is 11.8 Å². The summed E-state index contributed by atoms with van der Waals surface area (Å²) >= 11 is 0. The molecule has 2 aromatic rings. The summed E-state index contributed by atoms with van der Waals surface area (Å²) in [5.74, 6) is 0.904. The van der Waals surface area contributed by atoms with Gasteiger partial charge in [0.15, 0.2) is 0 Å². The van der Waals surface area contributed by atoms with Crippen LogP contribution in [0.15, 0.2) is 36.4 Å². The molecule has 1 N–H and O–H groups in total. The van der Waals surface area contributed by atoms with Gasteiger partial charge in [-0.2, -0.15) is 0 Å². The number of aliphatic carboxylic acids is 1. The van der Waals surface area contributed by atoms with Gasteiger partial charge in [0, 0.05) is 19.1 Å². The lowest BCUT2D eigenvalue weighted by Gasteiger charge is -2.41. The molecule has 2 aromatic carbocycles. The van der Waals surface area contributed by atoms with E-state index in [1.807, 2.05) is 0 Å². The van der Waals surface area contributed by atoms with Crippen LogP contribution in [0.3, 0.4) is 0 Å². The van der Waals surface area contributed by atoms with Gasteiger partial charge in [0.2, 0.25) is 0 Å². The number of fused-ring (bicyclic) bond motifs is 1. The summed E-state index contributed by atoms with van der Waals surface area (Å²) in [6.07, 6.45) is 5.19. The highest BCUT2D eigenvalue weighted by Gasteiger charge is 2.35. The summed E-state index contributed by atoms with van der Waals surface area (Å²) in [7, 11) is 0. The number of carboxylic acid groups (broad SMARTS) is 1. The summed E-state index contributed by atoms with van der Waals surface area (Å²) in [6.45, 7) is 5.76. The van der Waals surface area contributed by atoms with Gasteiger partial charge in [0.05, 0.1) is 12.0 Å². The summed E-state index contributed by atoms with van der Waals surface area (Å²) in [5, 5.41) is 11.5. The molecule has 0 amide bonds. The number of hydrogen-bond donors (Lipinski definition) is 1. The smallest absolute Gasteiger partial charge is 0.309 e. The normalized spacial score (nSPS) is 25.1. The maximum absolute atomic E-state index is 11.0. The van der Waals surface area contributed by atoms with E-state index in [2.05, 4.69) is 55.1 Å². The van der Waals surface area contributed by atoms with Crippen LogP contribution in [0.5, 0.6) is 5.75 Å². The summed E-state index contributed by atoms with van der Waals surface area (Å²) < 4.78 is 6.22. The lowest BCUT2D eigenvalue weighted by atomic mass is 9.89. The fourth-order valence-electron chi connectivity index (χ4n) is 4.31. The van der Waals surface area contributed by atoms with Gasteiger partial charge in [-0.1, -0.05) is 25.1 Å². The fourth-order valence-corrected chi connectivity index (χ4v) is 4.31. The van der Waals surface area contributed by atoms with E-state index < -0.39 is 5.97 Å². The second kappa shape index (κ2) is 7.51. The zero-order valence-corrected chi connectivity index (χ0v) is 16.2. The molecular formula is C23H29NO3. The summed E-state index contributed by atoms with van der Waals surface area (Å²) in [5.41, 5.74) is 1.24. The molecule has 1 saturated carbocycles. The van der Waals surface area contributed by atoms with E-state index in [1.165, 1.54) is 29.2 Å². The Labute approximate surface area is 161 Å². The van der Waals surface area contributed by atoms with Crippen LogP contribution in [0, 0.1) is 11.8 Å². The number of carboxylic acids is 1. The first-order chi connectivity index (χ1) is 13.0. The van der Waals surface area contributed by atoms with Gasteiger partial charge in [-0.05, 0) is 73.1 Å². The van der Waals surface area contributed by atoms with Crippen molar-refractivity contribution < 1.29 is 14.6 Å². The van der Waals surface area contributed by atoms with Gasteiger partial charge in [-0.15, -0.1) is 0 Å². The lowest BCUT2D eigenvalue weighted by molar-refractivity contribution is -0.148. The Morgan fingerprint density at radius 2 is 1.74 bits per heavy atom. The van der Waals surface area contributed by atoms with E-state index in [1.54, 1.807) is 0 Å². The number of likely N-dealkylation sites (tertiary alicyclic amines) is 1. The third kappa shape index (κ3) is 3.96. The molecule has 0 spiro atoms. The molecule has 1 aliphatic heterocycles. The Bertz CT molecular complexity index is 819. The van der Waals surface area contributed by atoms with E-state index >= 15 is 0 Å². The fraction of sp³-hybridized carbons (Fsp3) is 0.522. The highest BCUT2D eigenvalue weighted by Crippen LogP contribution is 2.32. The van der Waals surface area contributed by atoms with Gasteiger partial charge in [0.1, 0.15) is 5.75 Å². The largest absolute Gasteiger partial charge is 0.490 e. The standard InChI is InChI=1S/C23H29NO3/c1-15-3-8-21(9-4-15)27-22-10-7-18-11-17(5-6-19(18)12-22)16(2)24-13-20(14-24)23(25)26/h5-7,10-12,15-16,20-21H,3-4,8-9,13-14H2,1-2H3,(H,25,26). The van der Waals surface area contributed by atoms with Crippen LogP contribution in [0.25, 0.3) is 10.8 Å². The zero-order valence-electron chi connectivity index (χ0n) is 16.2. The van der Waals surface area contributed by atoms with Gasteiger partial charge in [-0.3, -0.25) is 9.69 Å². The number of hydrogen-bond acceptors (Lipinski definition) is 3. The van der Waals surface area contributed by atoms with E-state index in [-0.39, 0.29) is 12.0 Å². The molecule has 144 valence electrons. The van der Waals surface area contributed by atoms with Crippen molar-refractivity contribution >= 4 is 16.7 Å². The second-order valence-corrected chi connectivity index (χ2v) is 8.43. The highest BCUT2D eigenvalue weighted by atomic mass is 16.5. The molecular weight excluding hydrogens is 338 g/mol. The molecule has 27 heavy (non-hydrogen) atoms. The third-order valence-electron chi connectivity index (χ3n) is 6.39. The van der Waals surface area contributed by atoms with Crippen LogP contribution in [-0.2, 0) is 4.79 Å². The van der Waals surface area contributed by atoms with Crippen molar-refractivity contribution in [1.29, 1.82) is 0 Å². The first kappa shape index (κ1) is 18.3. The summed E-state index contributed by atoms with van der Waals surface area (Å²) in [4.78, 5) is 13.2. The van der Waals surface area contributed by atoms with Crippen LogP contribution in [0.2, 0.25) is 0 Å². The van der Waals surface area contributed by atoms with E-state index in [4.69, 9.17) is 9.84 Å². The van der Waals surface area contributed by atoms with Crippen molar-refractivity contribution in [2.45, 2.75) is 51.7 Å². The number of rotatable bonds is 5. The quantitative estimate of drug-likeness (QED) is 0.819. The van der Waals surface area contributed by atoms with Crippen molar-refractivity contribution in [3.05, 3.63) is 42.0 Å². The molecule has 2 fully saturated rings. The van der Waals surface area contributed by atoms with E-state index in [9.17, 15) is 4.79 Å². The van der Waals surface area contributed by atoms with Gasteiger partial charge >= 0.3 is 5.97 Å². The Balaban J connectivity index is 1.43. The van der Waals surface area contributed by atoms with Gasteiger partial charge < -0.3 is 9.84 Å². The maximum Gasteiger partial charge on any atom is 0.309 e. The van der Waals surface area contributed by atoms with Gasteiger partial charge in [0.25, 0.3) is 0 Å².